The van der Waals surface area contributed by atoms with Crippen molar-refractivity contribution >= 4 is 40.8 Å². The number of nitrogens with one attached hydrogen (secondary N) is 1. The molecule has 142 valence electrons. The topological polar surface area (TPSA) is 69.7 Å². The molecule has 1 aromatic rings. The standard InChI is InChI=1S/C18H24ClN3O3S/c1-3-12-6-8-18(9-7-12)16(24)22(17(25)20-18)11-15(23)21(2)10-13-4-5-14(19)26-13/h4-5,12H,3,6-11H2,1-2H3,(H,20,25). The summed E-state index contributed by atoms with van der Waals surface area (Å²) in [6, 6.07) is 3.20. The molecule has 0 aromatic carbocycles. The van der Waals surface area contributed by atoms with Gasteiger partial charge >= 0.3 is 6.03 Å². The van der Waals surface area contributed by atoms with Gasteiger partial charge in [0.15, 0.2) is 0 Å². The van der Waals surface area contributed by atoms with Crippen LogP contribution in [0.25, 0.3) is 0 Å². The Bertz CT molecular complexity index is 712. The van der Waals surface area contributed by atoms with Gasteiger partial charge in [-0.15, -0.1) is 11.3 Å². The second-order valence-electron chi connectivity index (χ2n) is 7.21. The predicted molar refractivity (Wildman–Crippen MR) is 101 cm³/mol. The molecule has 4 amide bonds. The summed E-state index contributed by atoms with van der Waals surface area (Å²) in [5.74, 6) is 0.0973. The van der Waals surface area contributed by atoms with Crippen LogP contribution in [0.15, 0.2) is 12.1 Å². The monoisotopic (exact) mass is 397 g/mol. The molecule has 2 aliphatic rings. The van der Waals surface area contributed by atoms with Crippen LogP contribution in [0, 0.1) is 5.92 Å². The Labute approximate surface area is 162 Å². The molecule has 2 heterocycles. The molecule has 1 saturated heterocycles. The van der Waals surface area contributed by atoms with E-state index in [9.17, 15) is 14.4 Å². The van der Waals surface area contributed by atoms with Crippen molar-refractivity contribution in [1.82, 2.24) is 15.1 Å². The highest BCUT2D eigenvalue weighted by Gasteiger charge is 2.52. The third-order valence-corrected chi connectivity index (χ3v) is 6.74. The highest BCUT2D eigenvalue weighted by Crippen LogP contribution is 2.37. The van der Waals surface area contributed by atoms with E-state index >= 15 is 0 Å². The van der Waals surface area contributed by atoms with E-state index in [-0.39, 0.29) is 18.4 Å². The predicted octanol–water partition coefficient (Wildman–Crippen LogP) is 3.25. The zero-order valence-corrected chi connectivity index (χ0v) is 16.7. The van der Waals surface area contributed by atoms with Crippen LogP contribution in [-0.4, -0.2) is 46.8 Å². The lowest BCUT2D eigenvalue weighted by atomic mass is 9.75. The number of hydrogen-bond acceptors (Lipinski definition) is 4. The van der Waals surface area contributed by atoms with Gasteiger partial charge in [-0.3, -0.25) is 14.5 Å². The Morgan fingerprint density at radius 2 is 2.08 bits per heavy atom. The van der Waals surface area contributed by atoms with Crippen molar-refractivity contribution in [3.63, 3.8) is 0 Å². The molecule has 1 spiro atoms. The summed E-state index contributed by atoms with van der Waals surface area (Å²) in [5, 5.41) is 2.86. The van der Waals surface area contributed by atoms with E-state index in [1.54, 1.807) is 13.1 Å². The fraction of sp³-hybridized carbons (Fsp3) is 0.611. The number of carbonyl (C=O) groups is 3. The number of rotatable bonds is 5. The van der Waals surface area contributed by atoms with Gasteiger partial charge in [-0.1, -0.05) is 24.9 Å². The summed E-state index contributed by atoms with van der Waals surface area (Å²) in [7, 11) is 1.66. The van der Waals surface area contributed by atoms with Crippen LogP contribution < -0.4 is 5.32 Å². The number of urea groups is 1. The van der Waals surface area contributed by atoms with Crippen LogP contribution in [0.5, 0.6) is 0 Å². The number of imide groups is 1. The quantitative estimate of drug-likeness (QED) is 0.775. The Balaban J connectivity index is 1.61. The molecular formula is C18H24ClN3O3S. The van der Waals surface area contributed by atoms with E-state index in [0.29, 0.717) is 29.6 Å². The zero-order chi connectivity index (χ0) is 18.9. The molecule has 8 heteroatoms. The number of hydrogen-bond donors (Lipinski definition) is 1. The number of nitrogens with zero attached hydrogens (tertiary/aromatic N) is 2. The summed E-state index contributed by atoms with van der Waals surface area (Å²) in [6.07, 6.45) is 4.28. The number of carbonyl (C=O) groups excluding carboxylic acids is 3. The van der Waals surface area contributed by atoms with Crippen molar-refractivity contribution in [3.05, 3.63) is 21.3 Å². The number of amides is 4. The van der Waals surface area contributed by atoms with Crippen LogP contribution in [0.2, 0.25) is 4.34 Å². The fourth-order valence-corrected chi connectivity index (χ4v) is 4.89. The van der Waals surface area contributed by atoms with E-state index in [2.05, 4.69) is 12.2 Å². The van der Waals surface area contributed by atoms with Gasteiger partial charge in [0.05, 0.1) is 10.9 Å². The molecule has 0 bridgehead atoms. The van der Waals surface area contributed by atoms with Gasteiger partial charge in [-0.05, 0) is 43.7 Å². The largest absolute Gasteiger partial charge is 0.339 e. The van der Waals surface area contributed by atoms with Crippen molar-refractivity contribution in [2.45, 2.75) is 51.1 Å². The van der Waals surface area contributed by atoms with Crippen molar-refractivity contribution < 1.29 is 14.4 Å². The van der Waals surface area contributed by atoms with Gasteiger partial charge in [0.1, 0.15) is 12.1 Å². The number of likely N-dealkylation sites (N-methyl/N-ethyl adjacent to an activating group) is 1. The molecule has 1 N–H and O–H groups in total. The highest BCUT2D eigenvalue weighted by molar-refractivity contribution is 7.16. The summed E-state index contributed by atoms with van der Waals surface area (Å²) in [4.78, 5) is 41.2. The minimum absolute atomic E-state index is 0.223. The second kappa shape index (κ2) is 7.56. The summed E-state index contributed by atoms with van der Waals surface area (Å²) in [5.41, 5.74) is -0.803. The van der Waals surface area contributed by atoms with Crippen molar-refractivity contribution in [2.75, 3.05) is 13.6 Å². The lowest BCUT2D eigenvalue weighted by Gasteiger charge is -2.34. The molecule has 3 rings (SSSR count). The third kappa shape index (κ3) is 3.74. The molecule has 0 unspecified atom stereocenters. The Kier molecular flexibility index (Phi) is 5.58. The molecule has 1 aromatic heterocycles. The SMILES string of the molecule is CCC1CCC2(CC1)NC(=O)N(CC(=O)N(C)Cc1ccc(Cl)s1)C2=O. The van der Waals surface area contributed by atoms with Gasteiger partial charge < -0.3 is 10.2 Å². The van der Waals surface area contributed by atoms with Gasteiger partial charge in [-0.2, -0.15) is 0 Å². The zero-order valence-electron chi connectivity index (χ0n) is 15.1. The van der Waals surface area contributed by atoms with Crippen LogP contribution in [0.4, 0.5) is 4.79 Å². The Morgan fingerprint density at radius 3 is 2.65 bits per heavy atom. The molecule has 26 heavy (non-hydrogen) atoms. The number of halogens is 1. The first-order chi connectivity index (χ1) is 12.3. The average molecular weight is 398 g/mol. The van der Waals surface area contributed by atoms with Crippen molar-refractivity contribution in [1.29, 1.82) is 0 Å². The molecule has 0 radical (unpaired) electrons. The molecular weight excluding hydrogens is 374 g/mol. The van der Waals surface area contributed by atoms with Crippen molar-refractivity contribution in [2.24, 2.45) is 5.92 Å². The lowest BCUT2D eigenvalue weighted by Crippen LogP contribution is -2.50. The van der Waals surface area contributed by atoms with E-state index in [1.807, 2.05) is 6.07 Å². The fourth-order valence-electron chi connectivity index (χ4n) is 3.75. The Morgan fingerprint density at radius 1 is 1.38 bits per heavy atom. The second-order valence-corrected chi connectivity index (χ2v) is 9.01. The minimum Gasteiger partial charge on any atom is -0.339 e. The van der Waals surface area contributed by atoms with Gasteiger partial charge in [0.2, 0.25) is 5.91 Å². The normalized spacial score (nSPS) is 25.7. The molecule has 0 atom stereocenters. The van der Waals surface area contributed by atoms with Gasteiger partial charge in [0, 0.05) is 11.9 Å². The maximum atomic E-state index is 12.9. The first-order valence-corrected chi connectivity index (χ1v) is 10.2. The van der Waals surface area contributed by atoms with Crippen LogP contribution in [0.1, 0.15) is 43.9 Å². The maximum absolute atomic E-state index is 12.9. The molecule has 1 aliphatic heterocycles. The van der Waals surface area contributed by atoms with Crippen molar-refractivity contribution in [3.8, 4) is 0 Å². The summed E-state index contributed by atoms with van der Waals surface area (Å²) < 4.78 is 0.666. The smallest absolute Gasteiger partial charge is 0.325 e. The van der Waals surface area contributed by atoms with Crippen LogP contribution >= 0.6 is 22.9 Å². The Hall–Kier alpha value is -1.60. The van der Waals surface area contributed by atoms with Crippen LogP contribution in [0.3, 0.4) is 0 Å². The number of thiophene rings is 1. The minimum atomic E-state index is -0.803. The highest BCUT2D eigenvalue weighted by atomic mass is 35.5. The van der Waals surface area contributed by atoms with E-state index in [0.717, 1.165) is 29.0 Å². The lowest BCUT2D eigenvalue weighted by molar-refractivity contribution is -0.139. The first-order valence-electron chi connectivity index (χ1n) is 8.97. The van der Waals surface area contributed by atoms with Crippen LogP contribution in [-0.2, 0) is 16.1 Å². The van der Waals surface area contributed by atoms with E-state index in [1.165, 1.54) is 16.2 Å². The third-order valence-electron chi connectivity index (χ3n) is 5.52. The average Bonchev–Trinajstić information content (AvgIpc) is 3.12. The maximum Gasteiger partial charge on any atom is 0.325 e. The molecule has 1 saturated carbocycles. The van der Waals surface area contributed by atoms with Gasteiger partial charge in [0.25, 0.3) is 5.91 Å². The summed E-state index contributed by atoms with van der Waals surface area (Å²) >= 11 is 7.32. The van der Waals surface area contributed by atoms with E-state index in [4.69, 9.17) is 11.6 Å². The van der Waals surface area contributed by atoms with Gasteiger partial charge in [-0.25, -0.2) is 4.79 Å². The summed E-state index contributed by atoms with van der Waals surface area (Å²) in [6.45, 7) is 2.34. The van der Waals surface area contributed by atoms with E-state index < -0.39 is 11.6 Å². The molecule has 6 nitrogen and oxygen atoms in total. The first kappa shape index (κ1) is 19.2. The molecule has 1 aliphatic carbocycles. The molecule has 2 fully saturated rings.